The highest BCUT2D eigenvalue weighted by Crippen LogP contribution is 2.08. The van der Waals surface area contributed by atoms with Crippen LogP contribution < -0.4 is 11.1 Å². The first kappa shape index (κ1) is 14.0. The van der Waals surface area contributed by atoms with Crippen molar-refractivity contribution in [2.45, 2.75) is 51.5 Å². The lowest BCUT2D eigenvalue weighted by Crippen LogP contribution is -2.51. The van der Waals surface area contributed by atoms with Crippen LogP contribution in [0.25, 0.3) is 0 Å². The quantitative estimate of drug-likeness (QED) is 0.493. The van der Waals surface area contributed by atoms with Crippen LogP contribution in [0.5, 0.6) is 0 Å². The van der Waals surface area contributed by atoms with Gasteiger partial charge in [0.2, 0.25) is 5.91 Å². The molecule has 0 aliphatic carbocycles. The smallest absolute Gasteiger partial charge is 0.239 e. The topological polar surface area (TPSA) is 55.1 Å². The minimum Gasteiger partial charge on any atom is -0.355 e. The van der Waals surface area contributed by atoms with Crippen LogP contribution in [-0.4, -0.2) is 18.0 Å². The molecule has 0 aliphatic rings. The zero-order valence-electron chi connectivity index (χ0n) is 9.81. The highest BCUT2D eigenvalue weighted by Gasteiger charge is 2.26. The first-order chi connectivity index (χ1) is 7.04. The second kappa shape index (κ2) is 7.30. The molecule has 0 spiro atoms. The summed E-state index contributed by atoms with van der Waals surface area (Å²) in [5.74, 6) is 2.50. The Labute approximate surface area is 92.8 Å². The zero-order valence-corrected chi connectivity index (χ0v) is 9.81. The molecule has 0 aromatic rings. The first-order valence-electron chi connectivity index (χ1n) is 5.55. The van der Waals surface area contributed by atoms with Gasteiger partial charge >= 0.3 is 0 Å². The average Bonchev–Trinajstić information content (AvgIpc) is 2.17. The Balaban J connectivity index is 3.69. The Morgan fingerprint density at radius 2 is 2.20 bits per heavy atom. The van der Waals surface area contributed by atoms with Crippen LogP contribution in [0.3, 0.4) is 0 Å². The standard InChI is InChI=1S/C12H22N2O/c1-4-6-7-8-10-14-11(15)12(3,13)9-5-2/h1H,5-10,13H2,2-3H3,(H,14,15). The molecule has 86 valence electrons. The van der Waals surface area contributed by atoms with E-state index in [0.29, 0.717) is 13.0 Å². The molecular weight excluding hydrogens is 188 g/mol. The Bertz CT molecular complexity index is 228. The van der Waals surface area contributed by atoms with Gasteiger partial charge in [-0.05, 0) is 26.2 Å². The number of unbranched alkanes of at least 4 members (excludes halogenated alkanes) is 2. The van der Waals surface area contributed by atoms with Crippen LogP contribution in [-0.2, 0) is 4.79 Å². The lowest BCUT2D eigenvalue weighted by Gasteiger charge is -2.22. The fourth-order valence-electron chi connectivity index (χ4n) is 1.39. The number of nitrogens with two attached hydrogens (primary N) is 1. The van der Waals surface area contributed by atoms with Crippen molar-refractivity contribution < 1.29 is 4.79 Å². The SMILES string of the molecule is C#CCCCCNC(=O)C(C)(N)CCC. The molecule has 0 aliphatic heterocycles. The van der Waals surface area contributed by atoms with Crippen molar-refractivity contribution in [3.05, 3.63) is 0 Å². The van der Waals surface area contributed by atoms with Gasteiger partial charge in [-0.15, -0.1) is 12.3 Å². The van der Waals surface area contributed by atoms with Gasteiger partial charge in [0.25, 0.3) is 0 Å². The number of rotatable bonds is 7. The number of hydrogen-bond donors (Lipinski definition) is 2. The van der Waals surface area contributed by atoms with E-state index in [1.54, 1.807) is 6.92 Å². The second-order valence-corrected chi connectivity index (χ2v) is 4.08. The molecule has 0 aromatic carbocycles. The molecule has 0 heterocycles. The lowest BCUT2D eigenvalue weighted by molar-refractivity contribution is -0.126. The van der Waals surface area contributed by atoms with Crippen LogP contribution in [0, 0.1) is 12.3 Å². The molecule has 3 heteroatoms. The van der Waals surface area contributed by atoms with Gasteiger partial charge < -0.3 is 11.1 Å². The molecule has 1 atom stereocenters. The van der Waals surface area contributed by atoms with E-state index >= 15 is 0 Å². The van der Waals surface area contributed by atoms with Crippen LogP contribution in [0.2, 0.25) is 0 Å². The van der Waals surface area contributed by atoms with Gasteiger partial charge in [0.1, 0.15) is 0 Å². The van der Waals surface area contributed by atoms with Crippen molar-refractivity contribution in [1.82, 2.24) is 5.32 Å². The molecule has 1 unspecified atom stereocenters. The van der Waals surface area contributed by atoms with Crippen LogP contribution >= 0.6 is 0 Å². The van der Waals surface area contributed by atoms with Gasteiger partial charge in [-0.25, -0.2) is 0 Å². The third-order valence-electron chi connectivity index (χ3n) is 2.32. The third-order valence-corrected chi connectivity index (χ3v) is 2.32. The molecule has 3 nitrogen and oxygen atoms in total. The number of nitrogens with one attached hydrogen (secondary N) is 1. The van der Waals surface area contributed by atoms with Crippen molar-refractivity contribution in [3.63, 3.8) is 0 Å². The molecule has 0 fully saturated rings. The molecule has 0 saturated carbocycles. The maximum atomic E-state index is 11.6. The molecule has 0 aromatic heterocycles. The van der Waals surface area contributed by atoms with Crippen molar-refractivity contribution in [2.75, 3.05) is 6.54 Å². The predicted octanol–water partition coefficient (Wildman–Crippen LogP) is 1.42. The molecule has 1 amide bonds. The van der Waals surface area contributed by atoms with Gasteiger partial charge in [-0.1, -0.05) is 13.3 Å². The van der Waals surface area contributed by atoms with E-state index in [1.807, 2.05) is 6.92 Å². The average molecular weight is 210 g/mol. The maximum absolute atomic E-state index is 11.6. The highest BCUT2D eigenvalue weighted by atomic mass is 16.2. The fraction of sp³-hybridized carbons (Fsp3) is 0.750. The summed E-state index contributed by atoms with van der Waals surface area (Å²) in [4.78, 5) is 11.6. The number of amides is 1. The molecule has 0 bridgehead atoms. The highest BCUT2D eigenvalue weighted by molar-refractivity contribution is 5.85. The van der Waals surface area contributed by atoms with E-state index in [1.165, 1.54) is 0 Å². The van der Waals surface area contributed by atoms with Gasteiger partial charge in [0.05, 0.1) is 5.54 Å². The normalized spacial score (nSPS) is 14.0. The summed E-state index contributed by atoms with van der Waals surface area (Å²) in [5, 5.41) is 2.83. The van der Waals surface area contributed by atoms with Gasteiger partial charge in [0, 0.05) is 13.0 Å². The molecule has 15 heavy (non-hydrogen) atoms. The first-order valence-corrected chi connectivity index (χ1v) is 5.55. The van der Waals surface area contributed by atoms with Crippen LogP contribution in [0.4, 0.5) is 0 Å². The van der Waals surface area contributed by atoms with E-state index in [2.05, 4.69) is 11.2 Å². The minimum absolute atomic E-state index is 0.0648. The van der Waals surface area contributed by atoms with E-state index < -0.39 is 5.54 Å². The predicted molar refractivity (Wildman–Crippen MR) is 63.2 cm³/mol. The van der Waals surface area contributed by atoms with E-state index in [9.17, 15) is 4.79 Å². The van der Waals surface area contributed by atoms with E-state index in [4.69, 9.17) is 12.2 Å². The number of terminal acetylenes is 1. The monoisotopic (exact) mass is 210 g/mol. The zero-order chi connectivity index (χ0) is 11.7. The molecular formula is C12H22N2O. The molecule has 3 N–H and O–H groups in total. The lowest BCUT2D eigenvalue weighted by atomic mass is 9.96. The van der Waals surface area contributed by atoms with Crippen molar-refractivity contribution in [2.24, 2.45) is 5.73 Å². The summed E-state index contributed by atoms with van der Waals surface area (Å²) in [6.45, 7) is 4.45. The Morgan fingerprint density at radius 3 is 2.73 bits per heavy atom. The molecule has 0 saturated heterocycles. The summed E-state index contributed by atoms with van der Waals surface area (Å²) in [6, 6.07) is 0. The molecule has 0 radical (unpaired) electrons. The Morgan fingerprint density at radius 1 is 1.53 bits per heavy atom. The second-order valence-electron chi connectivity index (χ2n) is 4.08. The van der Waals surface area contributed by atoms with Crippen LogP contribution in [0.1, 0.15) is 46.0 Å². The molecule has 0 rings (SSSR count). The van der Waals surface area contributed by atoms with Crippen molar-refractivity contribution in [3.8, 4) is 12.3 Å². The fourth-order valence-corrected chi connectivity index (χ4v) is 1.39. The summed E-state index contributed by atoms with van der Waals surface area (Å²) in [5.41, 5.74) is 5.13. The maximum Gasteiger partial charge on any atom is 0.239 e. The number of hydrogen-bond acceptors (Lipinski definition) is 2. The third kappa shape index (κ3) is 6.14. The van der Waals surface area contributed by atoms with Crippen molar-refractivity contribution >= 4 is 5.91 Å². The van der Waals surface area contributed by atoms with Crippen molar-refractivity contribution in [1.29, 1.82) is 0 Å². The van der Waals surface area contributed by atoms with Gasteiger partial charge in [0.15, 0.2) is 0 Å². The largest absolute Gasteiger partial charge is 0.355 e. The summed E-state index contributed by atoms with van der Waals surface area (Å²) in [6.07, 6.45) is 9.38. The number of carbonyl (C=O) groups excluding carboxylic acids is 1. The number of carbonyl (C=O) groups is 1. The summed E-state index contributed by atoms with van der Waals surface area (Å²) < 4.78 is 0. The van der Waals surface area contributed by atoms with Gasteiger partial charge in [-0.3, -0.25) is 4.79 Å². The van der Waals surface area contributed by atoms with E-state index in [-0.39, 0.29) is 5.91 Å². The minimum atomic E-state index is -0.735. The summed E-state index contributed by atoms with van der Waals surface area (Å²) in [7, 11) is 0. The van der Waals surface area contributed by atoms with Crippen LogP contribution in [0.15, 0.2) is 0 Å². The Kier molecular flexibility index (Phi) is 6.81. The Hall–Kier alpha value is -1.01. The van der Waals surface area contributed by atoms with Gasteiger partial charge in [-0.2, -0.15) is 0 Å². The van der Waals surface area contributed by atoms with E-state index in [0.717, 1.165) is 25.7 Å². The summed E-state index contributed by atoms with van der Waals surface area (Å²) >= 11 is 0.